The van der Waals surface area contributed by atoms with E-state index >= 15 is 0 Å². The fourth-order valence-electron chi connectivity index (χ4n) is 3.71. The fourth-order valence-corrected chi connectivity index (χ4v) is 3.71. The van der Waals surface area contributed by atoms with Gasteiger partial charge in [-0.25, -0.2) is 0 Å². The third-order valence-electron chi connectivity index (χ3n) is 5.18. The highest BCUT2D eigenvalue weighted by Gasteiger charge is 2.33. The number of hydrogen-bond donors (Lipinski definition) is 0. The van der Waals surface area contributed by atoms with Crippen molar-refractivity contribution < 1.29 is 4.74 Å². The molecule has 1 unspecified atom stereocenters. The summed E-state index contributed by atoms with van der Waals surface area (Å²) in [6.07, 6.45) is 8.99. The third-order valence-corrected chi connectivity index (χ3v) is 5.18. The highest BCUT2D eigenvalue weighted by molar-refractivity contribution is 4.83. The largest absolute Gasteiger partial charge is 0.375 e. The average molecular weight is 281 g/mol. The Bertz CT molecular complexity index is 265. The van der Waals surface area contributed by atoms with Crippen LogP contribution in [-0.4, -0.2) is 36.7 Å². The number of likely N-dealkylation sites (tertiary alicyclic amines) is 1. The molecule has 2 fully saturated rings. The van der Waals surface area contributed by atoms with Crippen molar-refractivity contribution in [3.8, 4) is 0 Å². The third kappa shape index (κ3) is 5.04. The first kappa shape index (κ1) is 16.3. The molecule has 0 amide bonds. The summed E-state index contributed by atoms with van der Waals surface area (Å²) in [7, 11) is 0. The molecule has 1 aliphatic heterocycles. The average Bonchev–Trinajstić information content (AvgIpc) is 2.37. The molecule has 0 N–H and O–H groups in total. The molecule has 20 heavy (non-hydrogen) atoms. The van der Waals surface area contributed by atoms with Crippen LogP contribution in [0.1, 0.15) is 66.2 Å². The monoisotopic (exact) mass is 281 g/mol. The van der Waals surface area contributed by atoms with E-state index in [0.717, 1.165) is 17.8 Å². The number of ether oxygens (including phenoxy) is 1. The molecule has 0 spiro atoms. The second kappa shape index (κ2) is 7.79. The van der Waals surface area contributed by atoms with E-state index in [1.807, 2.05) is 0 Å². The van der Waals surface area contributed by atoms with Gasteiger partial charge in [0, 0.05) is 19.6 Å². The minimum absolute atomic E-state index is 0.549. The molecule has 0 aromatic carbocycles. The summed E-state index contributed by atoms with van der Waals surface area (Å²) in [6, 6.07) is 0. The lowest BCUT2D eigenvalue weighted by molar-refractivity contribution is -0.0968. The zero-order valence-electron chi connectivity index (χ0n) is 14.1. The van der Waals surface area contributed by atoms with Crippen LogP contribution in [0.5, 0.6) is 0 Å². The molecule has 118 valence electrons. The summed E-state index contributed by atoms with van der Waals surface area (Å²) in [6.45, 7) is 13.1. The van der Waals surface area contributed by atoms with Gasteiger partial charge in [-0.2, -0.15) is 0 Å². The van der Waals surface area contributed by atoms with E-state index in [1.54, 1.807) is 0 Å². The second-order valence-electron chi connectivity index (χ2n) is 7.74. The molecule has 0 radical (unpaired) electrons. The Morgan fingerprint density at radius 1 is 1.05 bits per heavy atom. The smallest absolute Gasteiger partial charge is 0.0603 e. The summed E-state index contributed by atoms with van der Waals surface area (Å²) in [5.41, 5.74) is 0. The first-order valence-corrected chi connectivity index (χ1v) is 8.94. The van der Waals surface area contributed by atoms with Gasteiger partial charge >= 0.3 is 0 Å². The van der Waals surface area contributed by atoms with E-state index in [2.05, 4.69) is 32.6 Å². The van der Waals surface area contributed by atoms with Crippen molar-refractivity contribution in [2.45, 2.75) is 78.4 Å². The number of piperidine rings is 1. The van der Waals surface area contributed by atoms with Gasteiger partial charge in [0.05, 0.1) is 12.2 Å². The number of rotatable bonds is 7. The topological polar surface area (TPSA) is 12.5 Å². The Morgan fingerprint density at radius 3 is 2.25 bits per heavy atom. The van der Waals surface area contributed by atoms with Crippen LogP contribution >= 0.6 is 0 Å². The predicted molar refractivity (Wildman–Crippen MR) is 86.0 cm³/mol. The maximum Gasteiger partial charge on any atom is 0.0603 e. The van der Waals surface area contributed by atoms with Crippen LogP contribution in [0, 0.1) is 17.8 Å². The lowest BCUT2D eigenvalue weighted by Gasteiger charge is -2.41. The van der Waals surface area contributed by atoms with Gasteiger partial charge in [0.25, 0.3) is 0 Å². The molecule has 1 aliphatic carbocycles. The molecule has 0 bridgehead atoms. The standard InChI is InChI=1S/C18H35NO/c1-5-15(4)13-19-8-6-17(7-9-19)20-18-11-16(12-18)10-14(2)3/h14-18H,5-13H2,1-4H3. The van der Waals surface area contributed by atoms with E-state index in [9.17, 15) is 0 Å². The highest BCUT2D eigenvalue weighted by atomic mass is 16.5. The van der Waals surface area contributed by atoms with Crippen LogP contribution < -0.4 is 0 Å². The Labute approximate surface area is 126 Å². The van der Waals surface area contributed by atoms with Gasteiger partial charge in [0.1, 0.15) is 0 Å². The van der Waals surface area contributed by atoms with Gasteiger partial charge in [-0.1, -0.05) is 34.1 Å². The van der Waals surface area contributed by atoms with Crippen molar-refractivity contribution in [2.75, 3.05) is 19.6 Å². The second-order valence-corrected chi connectivity index (χ2v) is 7.74. The Morgan fingerprint density at radius 2 is 1.70 bits per heavy atom. The van der Waals surface area contributed by atoms with Gasteiger partial charge < -0.3 is 9.64 Å². The predicted octanol–water partition coefficient (Wildman–Crippen LogP) is 4.34. The molecule has 2 rings (SSSR count). The molecular formula is C18H35NO. The van der Waals surface area contributed by atoms with E-state index in [1.165, 1.54) is 58.2 Å². The van der Waals surface area contributed by atoms with Crippen LogP contribution in [0.2, 0.25) is 0 Å². The minimum Gasteiger partial charge on any atom is -0.375 e. The number of hydrogen-bond acceptors (Lipinski definition) is 2. The molecule has 2 heteroatoms. The first-order chi connectivity index (χ1) is 9.56. The lowest BCUT2D eigenvalue weighted by atomic mass is 9.77. The number of nitrogens with zero attached hydrogens (tertiary/aromatic N) is 1. The van der Waals surface area contributed by atoms with E-state index in [0.29, 0.717) is 12.2 Å². The zero-order chi connectivity index (χ0) is 14.5. The molecule has 2 nitrogen and oxygen atoms in total. The summed E-state index contributed by atoms with van der Waals surface area (Å²) in [5, 5.41) is 0. The van der Waals surface area contributed by atoms with Crippen molar-refractivity contribution in [2.24, 2.45) is 17.8 Å². The zero-order valence-corrected chi connectivity index (χ0v) is 14.1. The lowest BCUT2D eigenvalue weighted by Crippen LogP contribution is -2.42. The van der Waals surface area contributed by atoms with Gasteiger partial charge in [-0.05, 0) is 49.9 Å². The molecule has 1 saturated heterocycles. The van der Waals surface area contributed by atoms with E-state index < -0.39 is 0 Å². The Kier molecular flexibility index (Phi) is 6.35. The van der Waals surface area contributed by atoms with Crippen molar-refractivity contribution >= 4 is 0 Å². The summed E-state index contributed by atoms with van der Waals surface area (Å²) < 4.78 is 6.29. The van der Waals surface area contributed by atoms with Crippen molar-refractivity contribution in [3.63, 3.8) is 0 Å². The van der Waals surface area contributed by atoms with Crippen LogP contribution in [0.3, 0.4) is 0 Å². The van der Waals surface area contributed by atoms with Gasteiger partial charge in [-0.15, -0.1) is 0 Å². The summed E-state index contributed by atoms with van der Waals surface area (Å²) in [5.74, 6) is 2.64. The molecule has 1 heterocycles. The SMILES string of the molecule is CCC(C)CN1CCC(OC2CC(CC(C)C)C2)CC1. The molecule has 1 atom stereocenters. The normalized spacial score (nSPS) is 30.4. The maximum absolute atomic E-state index is 6.29. The maximum atomic E-state index is 6.29. The Balaban J connectivity index is 1.57. The minimum atomic E-state index is 0.549. The molecule has 0 aromatic heterocycles. The van der Waals surface area contributed by atoms with Gasteiger partial charge in [0.2, 0.25) is 0 Å². The van der Waals surface area contributed by atoms with Gasteiger partial charge in [0.15, 0.2) is 0 Å². The van der Waals surface area contributed by atoms with Crippen LogP contribution in [-0.2, 0) is 4.74 Å². The summed E-state index contributed by atoms with van der Waals surface area (Å²) >= 11 is 0. The molecule has 2 aliphatic rings. The first-order valence-electron chi connectivity index (χ1n) is 8.94. The van der Waals surface area contributed by atoms with Crippen LogP contribution in [0.25, 0.3) is 0 Å². The Hall–Kier alpha value is -0.0800. The fraction of sp³-hybridized carbons (Fsp3) is 1.00. The van der Waals surface area contributed by atoms with Crippen LogP contribution in [0.15, 0.2) is 0 Å². The van der Waals surface area contributed by atoms with Crippen molar-refractivity contribution in [1.82, 2.24) is 4.90 Å². The molecular weight excluding hydrogens is 246 g/mol. The molecule has 1 saturated carbocycles. The van der Waals surface area contributed by atoms with Crippen molar-refractivity contribution in [1.29, 1.82) is 0 Å². The highest BCUT2D eigenvalue weighted by Crippen LogP contribution is 2.36. The van der Waals surface area contributed by atoms with E-state index in [4.69, 9.17) is 4.74 Å². The van der Waals surface area contributed by atoms with E-state index in [-0.39, 0.29) is 0 Å². The van der Waals surface area contributed by atoms with Crippen LogP contribution in [0.4, 0.5) is 0 Å². The van der Waals surface area contributed by atoms with Gasteiger partial charge in [-0.3, -0.25) is 0 Å². The molecule has 0 aromatic rings. The van der Waals surface area contributed by atoms with Crippen molar-refractivity contribution in [3.05, 3.63) is 0 Å². The quantitative estimate of drug-likeness (QED) is 0.688. The summed E-state index contributed by atoms with van der Waals surface area (Å²) in [4.78, 5) is 2.64.